The maximum atomic E-state index is 11.3. The van der Waals surface area contributed by atoms with Crippen molar-refractivity contribution in [3.63, 3.8) is 0 Å². The molecule has 4 nitrogen and oxygen atoms in total. The first kappa shape index (κ1) is 15.5. The normalized spacial score (nSPS) is 10.5. The van der Waals surface area contributed by atoms with E-state index in [1.165, 1.54) is 0 Å². The van der Waals surface area contributed by atoms with Gasteiger partial charge in [-0.25, -0.2) is 0 Å². The van der Waals surface area contributed by atoms with E-state index in [0.29, 0.717) is 25.5 Å². The highest BCUT2D eigenvalue weighted by molar-refractivity contribution is 5.69. The molecular formula is C15H23NO3. The predicted octanol–water partition coefficient (Wildman–Crippen LogP) is 2.37. The van der Waals surface area contributed by atoms with Crippen molar-refractivity contribution in [2.45, 2.75) is 26.8 Å². The summed E-state index contributed by atoms with van der Waals surface area (Å²) >= 11 is 0. The highest BCUT2D eigenvalue weighted by atomic mass is 16.5. The molecule has 1 rings (SSSR count). The van der Waals surface area contributed by atoms with Gasteiger partial charge in [0, 0.05) is 19.5 Å². The van der Waals surface area contributed by atoms with Gasteiger partial charge in [-0.05, 0) is 23.6 Å². The summed E-state index contributed by atoms with van der Waals surface area (Å²) in [5, 5.41) is 3.23. The molecular weight excluding hydrogens is 242 g/mol. The molecule has 1 aromatic carbocycles. The zero-order valence-corrected chi connectivity index (χ0v) is 11.9. The molecule has 4 heteroatoms. The molecule has 0 aliphatic carbocycles. The topological polar surface area (TPSA) is 47.6 Å². The van der Waals surface area contributed by atoms with Crippen molar-refractivity contribution in [3.05, 3.63) is 29.8 Å². The molecule has 0 unspecified atom stereocenters. The third kappa shape index (κ3) is 6.82. The average molecular weight is 265 g/mol. The SMILES string of the molecule is COc1cccc(CNCCOC(=O)CC(C)C)c1. The fourth-order valence-corrected chi connectivity index (χ4v) is 1.64. The van der Waals surface area contributed by atoms with Crippen LogP contribution in [0.25, 0.3) is 0 Å². The third-order valence-corrected chi connectivity index (χ3v) is 2.58. The highest BCUT2D eigenvalue weighted by Gasteiger charge is 2.05. The summed E-state index contributed by atoms with van der Waals surface area (Å²) in [6.07, 6.45) is 0.482. The van der Waals surface area contributed by atoms with Gasteiger partial charge in [0.15, 0.2) is 0 Å². The molecule has 0 aliphatic heterocycles. The van der Waals surface area contributed by atoms with Crippen molar-refractivity contribution < 1.29 is 14.3 Å². The molecule has 0 bridgehead atoms. The Morgan fingerprint density at radius 2 is 2.16 bits per heavy atom. The fourth-order valence-electron chi connectivity index (χ4n) is 1.64. The zero-order chi connectivity index (χ0) is 14.1. The van der Waals surface area contributed by atoms with E-state index in [4.69, 9.17) is 9.47 Å². The van der Waals surface area contributed by atoms with E-state index in [0.717, 1.165) is 17.9 Å². The number of benzene rings is 1. The number of methoxy groups -OCH3 is 1. The minimum absolute atomic E-state index is 0.127. The Bertz CT molecular complexity index is 391. The second kappa shape index (κ2) is 8.53. The van der Waals surface area contributed by atoms with E-state index in [1.54, 1.807) is 7.11 Å². The van der Waals surface area contributed by atoms with Crippen LogP contribution in [0.3, 0.4) is 0 Å². The number of esters is 1. The molecule has 0 fully saturated rings. The Labute approximate surface area is 115 Å². The van der Waals surface area contributed by atoms with E-state index in [1.807, 2.05) is 38.1 Å². The third-order valence-electron chi connectivity index (χ3n) is 2.58. The summed E-state index contributed by atoms with van der Waals surface area (Å²) < 4.78 is 10.3. The molecule has 0 saturated heterocycles. The molecule has 0 radical (unpaired) electrons. The Morgan fingerprint density at radius 3 is 2.84 bits per heavy atom. The minimum atomic E-state index is -0.127. The smallest absolute Gasteiger partial charge is 0.306 e. The van der Waals surface area contributed by atoms with Gasteiger partial charge in [-0.1, -0.05) is 26.0 Å². The molecule has 106 valence electrons. The second-order valence-corrected chi connectivity index (χ2v) is 4.85. The van der Waals surface area contributed by atoms with Crippen LogP contribution in [0.4, 0.5) is 0 Å². The molecule has 0 amide bonds. The molecule has 0 spiro atoms. The Hall–Kier alpha value is -1.55. The van der Waals surface area contributed by atoms with Crippen LogP contribution in [0, 0.1) is 5.92 Å². The minimum Gasteiger partial charge on any atom is -0.497 e. The first-order valence-corrected chi connectivity index (χ1v) is 6.61. The van der Waals surface area contributed by atoms with Crippen LogP contribution in [0.1, 0.15) is 25.8 Å². The lowest BCUT2D eigenvalue weighted by Gasteiger charge is -2.08. The van der Waals surface area contributed by atoms with Gasteiger partial charge in [-0.3, -0.25) is 4.79 Å². The van der Waals surface area contributed by atoms with Gasteiger partial charge in [0.2, 0.25) is 0 Å². The summed E-state index contributed by atoms with van der Waals surface area (Å²) in [6.45, 7) is 5.81. The lowest BCUT2D eigenvalue weighted by Crippen LogP contribution is -2.21. The first-order valence-electron chi connectivity index (χ1n) is 6.61. The Kier molecular flexibility index (Phi) is 6.97. The van der Waals surface area contributed by atoms with Crippen LogP contribution in [0.15, 0.2) is 24.3 Å². The van der Waals surface area contributed by atoms with Gasteiger partial charge in [-0.15, -0.1) is 0 Å². The van der Waals surface area contributed by atoms with Crippen molar-refractivity contribution in [1.29, 1.82) is 0 Å². The quantitative estimate of drug-likeness (QED) is 0.579. The monoisotopic (exact) mass is 265 g/mol. The molecule has 0 aromatic heterocycles. The zero-order valence-electron chi connectivity index (χ0n) is 11.9. The maximum Gasteiger partial charge on any atom is 0.306 e. The molecule has 0 saturated carbocycles. The summed E-state index contributed by atoms with van der Waals surface area (Å²) in [6, 6.07) is 7.88. The van der Waals surface area contributed by atoms with Crippen molar-refractivity contribution in [2.75, 3.05) is 20.3 Å². The van der Waals surface area contributed by atoms with Gasteiger partial charge in [0.05, 0.1) is 7.11 Å². The van der Waals surface area contributed by atoms with E-state index >= 15 is 0 Å². The van der Waals surface area contributed by atoms with E-state index in [2.05, 4.69) is 5.32 Å². The largest absolute Gasteiger partial charge is 0.497 e. The molecule has 1 aromatic rings. The molecule has 0 heterocycles. The number of rotatable bonds is 8. The Balaban J connectivity index is 2.15. The number of hydrogen-bond acceptors (Lipinski definition) is 4. The molecule has 19 heavy (non-hydrogen) atoms. The van der Waals surface area contributed by atoms with Gasteiger partial charge in [0.25, 0.3) is 0 Å². The van der Waals surface area contributed by atoms with E-state index in [9.17, 15) is 4.79 Å². The summed E-state index contributed by atoms with van der Waals surface area (Å²) in [7, 11) is 1.65. The number of hydrogen-bond donors (Lipinski definition) is 1. The summed E-state index contributed by atoms with van der Waals surface area (Å²) in [5.74, 6) is 1.07. The number of nitrogens with one attached hydrogen (secondary N) is 1. The number of ether oxygens (including phenoxy) is 2. The Morgan fingerprint density at radius 1 is 1.37 bits per heavy atom. The average Bonchev–Trinajstić information content (AvgIpc) is 2.37. The van der Waals surface area contributed by atoms with E-state index in [-0.39, 0.29) is 5.97 Å². The van der Waals surface area contributed by atoms with Crippen molar-refractivity contribution in [3.8, 4) is 5.75 Å². The molecule has 1 N–H and O–H groups in total. The number of carbonyl (C=O) groups excluding carboxylic acids is 1. The molecule has 0 aliphatic rings. The summed E-state index contributed by atoms with van der Waals surface area (Å²) in [5.41, 5.74) is 1.15. The van der Waals surface area contributed by atoms with Gasteiger partial charge >= 0.3 is 5.97 Å². The summed E-state index contributed by atoms with van der Waals surface area (Å²) in [4.78, 5) is 11.3. The molecule has 0 atom stereocenters. The van der Waals surface area contributed by atoms with Gasteiger partial charge in [0.1, 0.15) is 12.4 Å². The van der Waals surface area contributed by atoms with Crippen molar-refractivity contribution in [1.82, 2.24) is 5.32 Å². The van der Waals surface area contributed by atoms with Gasteiger partial charge in [-0.2, -0.15) is 0 Å². The lowest BCUT2D eigenvalue weighted by molar-refractivity contribution is -0.144. The predicted molar refractivity (Wildman–Crippen MR) is 75.1 cm³/mol. The number of carbonyl (C=O) groups is 1. The van der Waals surface area contributed by atoms with Crippen LogP contribution in [0.2, 0.25) is 0 Å². The van der Waals surface area contributed by atoms with Crippen LogP contribution in [-0.2, 0) is 16.1 Å². The maximum absolute atomic E-state index is 11.3. The fraction of sp³-hybridized carbons (Fsp3) is 0.533. The van der Waals surface area contributed by atoms with Crippen LogP contribution in [0.5, 0.6) is 5.75 Å². The van der Waals surface area contributed by atoms with Crippen molar-refractivity contribution >= 4 is 5.97 Å². The lowest BCUT2D eigenvalue weighted by atomic mass is 10.1. The van der Waals surface area contributed by atoms with Crippen molar-refractivity contribution in [2.24, 2.45) is 5.92 Å². The first-order chi connectivity index (χ1) is 9.11. The highest BCUT2D eigenvalue weighted by Crippen LogP contribution is 2.11. The van der Waals surface area contributed by atoms with Crippen LogP contribution in [-0.4, -0.2) is 26.2 Å². The van der Waals surface area contributed by atoms with Gasteiger partial charge < -0.3 is 14.8 Å². The standard InChI is InChI=1S/C15H23NO3/c1-12(2)9-15(17)19-8-7-16-11-13-5-4-6-14(10-13)18-3/h4-6,10,12,16H,7-9,11H2,1-3H3. The second-order valence-electron chi connectivity index (χ2n) is 4.85. The van der Waals surface area contributed by atoms with Crippen LogP contribution < -0.4 is 10.1 Å². The van der Waals surface area contributed by atoms with Crippen LogP contribution >= 0.6 is 0 Å². The van der Waals surface area contributed by atoms with E-state index < -0.39 is 0 Å².